The molecule has 3 rings (SSSR count). The highest BCUT2D eigenvalue weighted by atomic mass is 32.2. The van der Waals surface area contributed by atoms with Gasteiger partial charge in [-0.25, -0.2) is 13.4 Å². The van der Waals surface area contributed by atoms with Crippen LogP contribution in [-0.4, -0.2) is 55.8 Å². The van der Waals surface area contributed by atoms with E-state index in [1.165, 1.54) is 34.8 Å². The maximum atomic E-state index is 13.0. The number of hydrogen-bond acceptors (Lipinski definition) is 5. The Morgan fingerprint density at radius 3 is 2.44 bits per heavy atom. The summed E-state index contributed by atoms with van der Waals surface area (Å²) in [7, 11) is -1.90. The van der Waals surface area contributed by atoms with Crippen LogP contribution in [0.25, 0.3) is 0 Å². The SMILES string of the molecule is CN1CCN(S(=O)(=O)c2cccnc2Nc2cccc(C(F)(F)F)c2)CC1. The van der Waals surface area contributed by atoms with Gasteiger partial charge in [-0.3, -0.25) is 0 Å². The highest BCUT2D eigenvalue weighted by Crippen LogP contribution is 2.32. The maximum Gasteiger partial charge on any atom is 0.416 e. The monoisotopic (exact) mass is 400 g/mol. The lowest BCUT2D eigenvalue weighted by molar-refractivity contribution is -0.137. The zero-order valence-corrected chi connectivity index (χ0v) is 15.4. The van der Waals surface area contributed by atoms with Gasteiger partial charge in [-0.05, 0) is 37.4 Å². The summed E-state index contributed by atoms with van der Waals surface area (Å²) in [5.74, 6) is -0.00393. The Labute approximate surface area is 155 Å². The molecular formula is C17H19F3N4O2S. The van der Waals surface area contributed by atoms with E-state index in [2.05, 4.69) is 10.3 Å². The number of alkyl halides is 3. The summed E-state index contributed by atoms with van der Waals surface area (Å²) in [5.41, 5.74) is -0.717. The number of piperazine rings is 1. The Bertz CT molecular complexity index is 910. The van der Waals surface area contributed by atoms with Crippen LogP contribution in [0.15, 0.2) is 47.5 Å². The fourth-order valence-corrected chi connectivity index (χ4v) is 4.29. The summed E-state index contributed by atoms with van der Waals surface area (Å²) in [6.45, 7) is 1.90. The standard InChI is InChI=1S/C17H19F3N4O2S/c1-23-8-10-24(11-9-23)27(25,26)15-6-3-7-21-16(15)22-14-5-2-4-13(12-14)17(18,19)20/h2-7,12H,8-11H2,1H3,(H,21,22). The second-order valence-corrected chi connectivity index (χ2v) is 8.17. The summed E-state index contributed by atoms with van der Waals surface area (Å²) < 4.78 is 66.0. The third kappa shape index (κ3) is 4.40. The summed E-state index contributed by atoms with van der Waals surface area (Å²) in [5, 5.41) is 2.71. The van der Waals surface area contributed by atoms with Gasteiger partial charge in [-0.1, -0.05) is 6.07 Å². The van der Waals surface area contributed by atoms with Gasteiger partial charge in [-0.2, -0.15) is 17.5 Å². The summed E-state index contributed by atoms with van der Waals surface area (Å²) in [6.07, 6.45) is -3.10. The van der Waals surface area contributed by atoms with Crippen molar-refractivity contribution in [3.8, 4) is 0 Å². The van der Waals surface area contributed by atoms with E-state index in [0.29, 0.717) is 26.2 Å². The van der Waals surface area contributed by atoms with E-state index >= 15 is 0 Å². The first-order valence-corrected chi connectivity index (χ1v) is 9.70. The summed E-state index contributed by atoms with van der Waals surface area (Å²) in [4.78, 5) is 6.00. The first-order chi connectivity index (χ1) is 12.7. The van der Waals surface area contributed by atoms with Crippen LogP contribution in [0, 0.1) is 0 Å². The first kappa shape index (κ1) is 19.6. The molecule has 1 aromatic heterocycles. The number of aromatic nitrogens is 1. The lowest BCUT2D eigenvalue weighted by Crippen LogP contribution is -2.47. The molecule has 1 aliphatic rings. The van der Waals surface area contributed by atoms with Gasteiger partial charge >= 0.3 is 6.18 Å². The predicted molar refractivity (Wildman–Crippen MR) is 95.2 cm³/mol. The van der Waals surface area contributed by atoms with E-state index in [4.69, 9.17) is 0 Å². The molecule has 2 heterocycles. The van der Waals surface area contributed by atoms with E-state index in [-0.39, 0.29) is 16.4 Å². The van der Waals surface area contributed by atoms with Crippen LogP contribution < -0.4 is 5.32 Å². The van der Waals surface area contributed by atoms with Crippen LogP contribution in [0.5, 0.6) is 0 Å². The first-order valence-electron chi connectivity index (χ1n) is 8.26. The minimum Gasteiger partial charge on any atom is -0.339 e. The third-order valence-electron chi connectivity index (χ3n) is 4.30. The molecule has 146 valence electrons. The predicted octanol–water partition coefficient (Wildman–Crippen LogP) is 2.78. The molecule has 27 heavy (non-hydrogen) atoms. The molecular weight excluding hydrogens is 381 g/mol. The van der Waals surface area contributed by atoms with E-state index in [0.717, 1.165) is 12.1 Å². The molecule has 2 aromatic rings. The molecule has 6 nitrogen and oxygen atoms in total. The smallest absolute Gasteiger partial charge is 0.339 e. The molecule has 0 radical (unpaired) electrons. The third-order valence-corrected chi connectivity index (χ3v) is 6.23. The molecule has 0 atom stereocenters. The zero-order valence-electron chi connectivity index (χ0n) is 14.6. The van der Waals surface area contributed by atoms with E-state index in [1.54, 1.807) is 0 Å². The van der Waals surface area contributed by atoms with Crippen molar-refractivity contribution in [1.82, 2.24) is 14.2 Å². The second kappa shape index (κ2) is 7.45. The lowest BCUT2D eigenvalue weighted by Gasteiger charge is -2.31. The molecule has 1 fully saturated rings. The van der Waals surface area contributed by atoms with Gasteiger partial charge in [-0.15, -0.1) is 0 Å². The Morgan fingerprint density at radius 2 is 1.78 bits per heavy atom. The number of nitrogens with one attached hydrogen (secondary N) is 1. The van der Waals surface area contributed by atoms with E-state index < -0.39 is 21.8 Å². The van der Waals surface area contributed by atoms with Crippen molar-refractivity contribution in [3.05, 3.63) is 48.2 Å². The van der Waals surface area contributed by atoms with Gasteiger partial charge in [0.1, 0.15) is 4.90 Å². The zero-order chi connectivity index (χ0) is 19.7. The highest BCUT2D eigenvalue weighted by Gasteiger charge is 2.32. The van der Waals surface area contributed by atoms with Crippen LogP contribution in [0.2, 0.25) is 0 Å². The van der Waals surface area contributed by atoms with Crippen LogP contribution in [-0.2, 0) is 16.2 Å². The molecule has 0 spiro atoms. The highest BCUT2D eigenvalue weighted by molar-refractivity contribution is 7.89. The van der Waals surface area contributed by atoms with Crippen LogP contribution in [0.4, 0.5) is 24.7 Å². The van der Waals surface area contributed by atoms with Crippen molar-refractivity contribution in [2.45, 2.75) is 11.1 Å². The fraction of sp³-hybridized carbons (Fsp3) is 0.353. The van der Waals surface area contributed by atoms with E-state index in [9.17, 15) is 21.6 Å². The minimum absolute atomic E-state index is 0.00393. The van der Waals surface area contributed by atoms with Crippen molar-refractivity contribution in [2.75, 3.05) is 38.5 Å². The number of rotatable bonds is 4. The van der Waals surface area contributed by atoms with Crippen LogP contribution in [0.1, 0.15) is 5.56 Å². The molecule has 0 saturated carbocycles. The van der Waals surface area contributed by atoms with Gasteiger partial charge < -0.3 is 10.2 Å². The Kier molecular flexibility index (Phi) is 5.41. The largest absolute Gasteiger partial charge is 0.416 e. The number of hydrogen-bond donors (Lipinski definition) is 1. The van der Waals surface area contributed by atoms with Crippen molar-refractivity contribution in [3.63, 3.8) is 0 Å². The topological polar surface area (TPSA) is 65.5 Å². The molecule has 10 heteroatoms. The fourth-order valence-electron chi connectivity index (χ4n) is 2.77. The van der Waals surface area contributed by atoms with Gasteiger partial charge in [0.25, 0.3) is 0 Å². The Balaban J connectivity index is 1.91. The normalized spacial score (nSPS) is 17.0. The molecule has 1 saturated heterocycles. The number of sulfonamides is 1. The van der Waals surface area contributed by atoms with Gasteiger partial charge in [0, 0.05) is 38.1 Å². The Morgan fingerprint density at radius 1 is 1.07 bits per heavy atom. The maximum absolute atomic E-state index is 13.0. The quantitative estimate of drug-likeness (QED) is 0.855. The van der Waals surface area contributed by atoms with Crippen molar-refractivity contribution in [2.24, 2.45) is 0 Å². The molecule has 0 aliphatic carbocycles. The number of benzene rings is 1. The summed E-state index contributed by atoms with van der Waals surface area (Å²) >= 11 is 0. The number of likely N-dealkylation sites (N-methyl/N-ethyl adjacent to an activating group) is 1. The van der Waals surface area contributed by atoms with Crippen molar-refractivity contribution >= 4 is 21.5 Å². The van der Waals surface area contributed by atoms with Gasteiger partial charge in [0.15, 0.2) is 5.82 Å². The van der Waals surface area contributed by atoms with Crippen LogP contribution in [0.3, 0.4) is 0 Å². The summed E-state index contributed by atoms with van der Waals surface area (Å²) in [6, 6.07) is 7.43. The average Bonchev–Trinajstić information content (AvgIpc) is 2.62. The van der Waals surface area contributed by atoms with Gasteiger partial charge in [0.05, 0.1) is 5.56 Å². The minimum atomic E-state index is -4.49. The number of halogens is 3. The molecule has 1 aromatic carbocycles. The van der Waals surface area contributed by atoms with Gasteiger partial charge in [0.2, 0.25) is 10.0 Å². The van der Waals surface area contributed by atoms with Crippen molar-refractivity contribution in [1.29, 1.82) is 0 Å². The molecule has 1 aliphatic heterocycles. The molecule has 0 unspecified atom stereocenters. The molecule has 1 N–H and O–H groups in total. The number of nitrogens with zero attached hydrogens (tertiary/aromatic N) is 3. The number of anilines is 2. The van der Waals surface area contributed by atoms with Crippen molar-refractivity contribution < 1.29 is 21.6 Å². The number of pyridine rings is 1. The lowest BCUT2D eigenvalue weighted by atomic mass is 10.2. The Hall–Kier alpha value is -2.17. The van der Waals surface area contributed by atoms with Crippen LogP contribution >= 0.6 is 0 Å². The molecule has 0 bridgehead atoms. The average molecular weight is 400 g/mol. The second-order valence-electron chi connectivity index (χ2n) is 6.26. The van der Waals surface area contributed by atoms with E-state index in [1.807, 2.05) is 11.9 Å². The molecule has 0 amide bonds.